The maximum Gasteiger partial charge on any atom is 0.292 e. The Labute approximate surface area is 120 Å². The number of nitrogens with zero attached hydrogens (tertiary/aromatic N) is 1. The van der Waals surface area contributed by atoms with Gasteiger partial charge in [-0.15, -0.1) is 0 Å². The van der Waals surface area contributed by atoms with Crippen LogP contribution in [0.4, 0.5) is 10.2 Å². The SMILES string of the molecule is Cc1[nH]nc(NC(=O)c2oc3c(F)cccc3c2C)c1C. The molecule has 2 aromatic heterocycles. The van der Waals surface area contributed by atoms with Gasteiger partial charge < -0.3 is 9.73 Å². The van der Waals surface area contributed by atoms with Crippen molar-refractivity contribution in [1.82, 2.24) is 10.2 Å². The highest BCUT2D eigenvalue weighted by Gasteiger charge is 2.21. The Morgan fingerprint density at radius 1 is 1.29 bits per heavy atom. The normalized spacial score (nSPS) is 11.0. The summed E-state index contributed by atoms with van der Waals surface area (Å²) in [6.07, 6.45) is 0. The van der Waals surface area contributed by atoms with Gasteiger partial charge in [-0.1, -0.05) is 12.1 Å². The van der Waals surface area contributed by atoms with Gasteiger partial charge >= 0.3 is 0 Å². The number of hydrogen-bond donors (Lipinski definition) is 2. The van der Waals surface area contributed by atoms with Crippen LogP contribution in [0.1, 0.15) is 27.4 Å². The number of hydrogen-bond acceptors (Lipinski definition) is 3. The van der Waals surface area contributed by atoms with Crippen LogP contribution in [0, 0.1) is 26.6 Å². The van der Waals surface area contributed by atoms with Crippen molar-refractivity contribution in [2.45, 2.75) is 20.8 Å². The van der Waals surface area contributed by atoms with Crippen molar-refractivity contribution in [2.24, 2.45) is 0 Å². The van der Waals surface area contributed by atoms with E-state index in [0.717, 1.165) is 11.3 Å². The summed E-state index contributed by atoms with van der Waals surface area (Å²) in [4.78, 5) is 12.3. The van der Waals surface area contributed by atoms with Gasteiger partial charge in [-0.3, -0.25) is 9.89 Å². The van der Waals surface area contributed by atoms with Crippen molar-refractivity contribution in [2.75, 3.05) is 5.32 Å². The summed E-state index contributed by atoms with van der Waals surface area (Å²) in [5.74, 6) is -0.396. The molecule has 0 aliphatic heterocycles. The van der Waals surface area contributed by atoms with Gasteiger partial charge in [0.25, 0.3) is 5.91 Å². The van der Waals surface area contributed by atoms with Crippen molar-refractivity contribution in [3.05, 3.63) is 46.6 Å². The molecule has 1 amide bonds. The molecule has 5 nitrogen and oxygen atoms in total. The van der Waals surface area contributed by atoms with E-state index in [9.17, 15) is 9.18 Å². The quantitative estimate of drug-likeness (QED) is 0.758. The average molecular weight is 287 g/mol. The standard InChI is InChI=1S/C15H14FN3O2/c1-7-9(3)18-19-14(7)17-15(20)12-8(2)10-5-4-6-11(16)13(10)21-12/h4-6H,1-3H3,(H2,17,18,19,20). The number of fused-ring (bicyclic) bond motifs is 1. The molecule has 3 aromatic rings. The van der Waals surface area contributed by atoms with Crippen LogP contribution in [-0.4, -0.2) is 16.1 Å². The largest absolute Gasteiger partial charge is 0.448 e. The fourth-order valence-corrected chi connectivity index (χ4v) is 2.20. The van der Waals surface area contributed by atoms with E-state index in [1.54, 1.807) is 19.1 Å². The molecule has 0 unspecified atom stereocenters. The molecule has 21 heavy (non-hydrogen) atoms. The first-order chi connectivity index (χ1) is 9.99. The van der Waals surface area contributed by atoms with Crippen molar-refractivity contribution < 1.29 is 13.6 Å². The minimum absolute atomic E-state index is 0.0927. The number of halogens is 1. The zero-order chi connectivity index (χ0) is 15.1. The molecule has 0 aliphatic rings. The molecule has 0 saturated heterocycles. The zero-order valence-corrected chi connectivity index (χ0v) is 11.9. The highest BCUT2D eigenvalue weighted by Crippen LogP contribution is 2.28. The predicted molar refractivity (Wildman–Crippen MR) is 76.9 cm³/mol. The first-order valence-corrected chi connectivity index (χ1v) is 6.49. The lowest BCUT2D eigenvalue weighted by Crippen LogP contribution is -2.13. The van der Waals surface area contributed by atoms with Crippen LogP contribution in [0.5, 0.6) is 0 Å². The third-order valence-corrected chi connectivity index (χ3v) is 3.61. The van der Waals surface area contributed by atoms with Crippen molar-refractivity contribution in [1.29, 1.82) is 0 Å². The summed E-state index contributed by atoms with van der Waals surface area (Å²) in [6.45, 7) is 5.43. The van der Waals surface area contributed by atoms with Crippen molar-refractivity contribution >= 4 is 22.7 Å². The average Bonchev–Trinajstić information content (AvgIpc) is 2.95. The van der Waals surface area contributed by atoms with E-state index in [1.807, 2.05) is 13.8 Å². The van der Waals surface area contributed by atoms with E-state index in [1.165, 1.54) is 6.07 Å². The second-order valence-corrected chi connectivity index (χ2v) is 4.95. The lowest BCUT2D eigenvalue weighted by Gasteiger charge is -2.01. The molecule has 1 aromatic carbocycles. The first kappa shape index (κ1) is 13.4. The Morgan fingerprint density at radius 3 is 2.67 bits per heavy atom. The molecule has 3 rings (SSSR count). The van der Waals surface area contributed by atoms with Crippen molar-refractivity contribution in [3.63, 3.8) is 0 Å². The lowest BCUT2D eigenvalue weighted by atomic mass is 10.1. The molecule has 0 radical (unpaired) electrons. The first-order valence-electron chi connectivity index (χ1n) is 6.49. The van der Waals surface area contributed by atoms with E-state index in [-0.39, 0.29) is 11.3 Å². The number of nitrogens with one attached hydrogen (secondary N) is 2. The topological polar surface area (TPSA) is 70.9 Å². The van der Waals surface area contributed by atoms with Gasteiger partial charge in [-0.25, -0.2) is 4.39 Å². The minimum Gasteiger partial charge on any atom is -0.448 e. The monoisotopic (exact) mass is 287 g/mol. The Bertz CT molecular complexity index is 848. The van der Waals surface area contributed by atoms with Crippen LogP contribution in [0.15, 0.2) is 22.6 Å². The number of para-hydroxylation sites is 1. The summed E-state index contributed by atoms with van der Waals surface area (Å²) in [7, 11) is 0. The van der Waals surface area contributed by atoms with Gasteiger partial charge in [-0.05, 0) is 26.8 Å². The van der Waals surface area contributed by atoms with Crippen LogP contribution < -0.4 is 5.32 Å². The zero-order valence-electron chi connectivity index (χ0n) is 11.9. The fourth-order valence-electron chi connectivity index (χ4n) is 2.20. The number of benzene rings is 1. The Morgan fingerprint density at radius 2 is 2.05 bits per heavy atom. The Hall–Kier alpha value is -2.63. The van der Waals surface area contributed by atoms with Crippen LogP contribution in [-0.2, 0) is 0 Å². The minimum atomic E-state index is -0.485. The molecule has 108 valence electrons. The fraction of sp³-hybridized carbons (Fsp3) is 0.200. The van der Waals surface area contributed by atoms with Gasteiger partial charge in [0.05, 0.1) is 0 Å². The number of carbonyl (C=O) groups is 1. The summed E-state index contributed by atoms with van der Waals surface area (Å²) >= 11 is 0. The second kappa shape index (κ2) is 4.73. The third-order valence-electron chi connectivity index (χ3n) is 3.61. The summed E-state index contributed by atoms with van der Waals surface area (Å²) in [5.41, 5.74) is 2.42. The molecular weight excluding hydrogens is 273 g/mol. The van der Waals surface area contributed by atoms with Gasteiger partial charge in [0.1, 0.15) is 0 Å². The molecule has 6 heteroatoms. The van der Waals surface area contributed by atoms with E-state index in [4.69, 9.17) is 4.42 Å². The highest BCUT2D eigenvalue weighted by atomic mass is 19.1. The number of furan rings is 1. The summed E-state index contributed by atoms with van der Waals surface area (Å²) in [6, 6.07) is 4.61. The maximum absolute atomic E-state index is 13.7. The van der Waals surface area contributed by atoms with Crippen LogP contribution in [0.2, 0.25) is 0 Å². The number of anilines is 1. The molecule has 2 N–H and O–H groups in total. The van der Waals surface area contributed by atoms with Crippen molar-refractivity contribution in [3.8, 4) is 0 Å². The second-order valence-electron chi connectivity index (χ2n) is 4.95. The lowest BCUT2D eigenvalue weighted by molar-refractivity contribution is 0.0997. The summed E-state index contributed by atoms with van der Waals surface area (Å²) < 4.78 is 19.1. The molecule has 0 saturated carbocycles. The smallest absolute Gasteiger partial charge is 0.292 e. The van der Waals surface area contributed by atoms with Gasteiger partial charge in [0.2, 0.25) is 0 Å². The van der Waals surface area contributed by atoms with Crippen LogP contribution in [0.3, 0.4) is 0 Å². The molecule has 0 bridgehead atoms. The summed E-state index contributed by atoms with van der Waals surface area (Å²) in [5, 5.41) is 10.1. The Balaban J connectivity index is 2.00. The Kier molecular flexibility index (Phi) is 3.01. The van der Waals surface area contributed by atoms with Gasteiger partial charge in [0.15, 0.2) is 23.0 Å². The highest BCUT2D eigenvalue weighted by molar-refractivity contribution is 6.06. The molecule has 0 aliphatic carbocycles. The van der Waals surface area contributed by atoms with E-state index < -0.39 is 11.7 Å². The van der Waals surface area contributed by atoms with E-state index >= 15 is 0 Å². The molecular formula is C15H14FN3O2. The number of aromatic amines is 1. The van der Waals surface area contributed by atoms with E-state index in [2.05, 4.69) is 15.5 Å². The maximum atomic E-state index is 13.7. The molecule has 0 spiro atoms. The van der Waals surface area contributed by atoms with E-state index in [0.29, 0.717) is 16.8 Å². The number of amides is 1. The molecule has 0 fully saturated rings. The molecule has 0 atom stereocenters. The number of H-pyrrole nitrogens is 1. The third kappa shape index (κ3) is 2.08. The number of rotatable bonds is 2. The predicted octanol–water partition coefficient (Wildman–Crippen LogP) is 3.47. The van der Waals surface area contributed by atoms with Crippen LogP contribution >= 0.6 is 0 Å². The van der Waals surface area contributed by atoms with Gasteiger partial charge in [-0.2, -0.15) is 5.10 Å². The molecule has 2 heterocycles. The number of carbonyl (C=O) groups excluding carboxylic acids is 1. The number of aryl methyl sites for hydroxylation is 2. The van der Waals surface area contributed by atoms with Crippen LogP contribution in [0.25, 0.3) is 11.0 Å². The number of aromatic nitrogens is 2. The van der Waals surface area contributed by atoms with Gasteiger partial charge in [0, 0.05) is 22.2 Å².